The lowest BCUT2D eigenvalue weighted by molar-refractivity contribution is -0.137. The van der Waals surface area contributed by atoms with E-state index in [2.05, 4.69) is 20.3 Å². The molecule has 6 nitrogen and oxygen atoms in total. The molecule has 2 heterocycles. The number of halogens is 4. The van der Waals surface area contributed by atoms with Crippen molar-refractivity contribution in [1.29, 1.82) is 0 Å². The summed E-state index contributed by atoms with van der Waals surface area (Å²) < 4.78 is 47.0. The van der Waals surface area contributed by atoms with Crippen molar-refractivity contribution in [2.45, 2.75) is 45.0 Å². The largest absolute Gasteiger partial charge is 0.486 e. The number of nitrogens with zero attached hydrogens (tertiary/aromatic N) is 4. The fourth-order valence-corrected chi connectivity index (χ4v) is 4.45. The molecule has 0 bridgehead atoms. The van der Waals surface area contributed by atoms with Crippen LogP contribution in [0, 0.1) is 5.92 Å². The molecule has 1 fully saturated rings. The van der Waals surface area contributed by atoms with Crippen molar-refractivity contribution in [2.24, 2.45) is 5.92 Å². The van der Waals surface area contributed by atoms with E-state index in [1.54, 1.807) is 0 Å². The third-order valence-corrected chi connectivity index (χ3v) is 6.63. The number of benzene rings is 2. The molecule has 188 valence electrons. The number of anilines is 1. The van der Waals surface area contributed by atoms with Gasteiger partial charge in [-0.15, -0.1) is 0 Å². The minimum atomic E-state index is -4.39. The van der Waals surface area contributed by atoms with E-state index in [1.807, 2.05) is 34.9 Å². The van der Waals surface area contributed by atoms with Gasteiger partial charge in [0, 0.05) is 13.1 Å². The molecule has 0 saturated heterocycles. The molecule has 1 aliphatic rings. The summed E-state index contributed by atoms with van der Waals surface area (Å²) in [5.74, 6) is 2.51. The normalized spacial score (nSPS) is 14.1. The first kappa shape index (κ1) is 24.4. The van der Waals surface area contributed by atoms with Crippen molar-refractivity contribution in [3.05, 3.63) is 76.8 Å². The van der Waals surface area contributed by atoms with Gasteiger partial charge in [0.25, 0.3) is 0 Å². The van der Waals surface area contributed by atoms with Gasteiger partial charge in [-0.2, -0.15) is 23.1 Å². The van der Waals surface area contributed by atoms with Gasteiger partial charge in [0.05, 0.1) is 5.56 Å². The predicted octanol–water partition coefficient (Wildman–Crippen LogP) is 6.73. The highest BCUT2D eigenvalue weighted by atomic mass is 35.5. The molecule has 1 N–H and O–H groups in total. The van der Waals surface area contributed by atoms with Gasteiger partial charge in [-0.3, -0.25) is 0 Å². The quantitative estimate of drug-likeness (QED) is 0.250. The minimum Gasteiger partial charge on any atom is -0.486 e. The number of ether oxygens (including phenoxy) is 1. The van der Waals surface area contributed by atoms with E-state index < -0.39 is 11.7 Å². The summed E-state index contributed by atoms with van der Waals surface area (Å²) in [4.78, 5) is 13.4. The molecule has 0 unspecified atom stereocenters. The van der Waals surface area contributed by atoms with E-state index >= 15 is 0 Å². The number of hydrogen-bond acceptors (Lipinski definition) is 5. The molecular weight excluding hydrogens is 491 g/mol. The molecule has 2 aromatic carbocycles. The standard InChI is InChI=1S/C26H25ClF3N5O/c27-25-33-23(31-14-13-17-5-4-6-17)22-24(34-25)32-21(16-36-20-7-2-1-3-8-20)35(22)15-18-9-11-19(12-10-18)26(28,29)30/h1-3,7-12,17H,4-6,13-16H2,(H,31,33,34). The zero-order chi connectivity index (χ0) is 25.1. The number of aromatic nitrogens is 4. The Bertz CT molecular complexity index is 1320. The third-order valence-electron chi connectivity index (χ3n) is 6.46. The molecule has 0 radical (unpaired) electrons. The van der Waals surface area contributed by atoms with Gasteiger partial charge in [0.2, 0.25) is 5.28 Å². The van der Waals surface area contributed by atoms with E-state index in [0.29, 0.717) is 34.1 Å². The Labute approximate surface area is 211 Å². The van der Waals surface area contributed by atoms with Crippen LogP contribution in [0.25, 0.3) is 11.2 Å². The average molecular weight is 516 g/mol. The lowest BCUT2D eigenvalue weighted by Crippen LogP contribution is -2.17. The summed E-state index contributed by atoms with van der Waals surface area (Å²) in [5, 5.41) is 3.46. The second-order valence-electron chi connectivity index (χ2n) is 8.94. The smallest absolute Gasteiger partial charge is 0.416 e. The van der Waals surface area contributed by atoms with Crippen molar-refractivity contribution in [1.82, 2.24) is 19.5 Å². The molecule has 0 aliphatic heterocycles. The summed E-state index contributed by atoms with van der Waals surface area (Å²) >= 11 is 6.21. The van der Waals surface area contributed by atoms with Crippen LogP contribution in [0.2, 0.25) is 5.28 Å². The van der Waals surface area contributed by atoms with E-state index in [1.165, 1.54) is 31.4 Å². The molecule has 0 atom stereocenters. The van der Waals surface area contributed by atoms with Crippen LogP contribution in [-0.4, -0.2) is 26.1 Å². The van der Waals surface area contributed by atoms with Crippen LogP contribution in [0.15, 0.2) is 54.6 Å². The van der Waals surface area contributed by atoms with Crippen molar-refractivity contribution < 1.29 is 17.9 Å². The topological polar surface area (TPSA) is 64.9 Å². The summed E-state index contributed by atoms with van der Waals surface area (Å²) in [5.41, 5.74) is 1.03. The highest BCUT2D eigenvalue weighted by Gasteiger charge is 2.30. The molecule has 4 aromatic rings. The Kier molecular flexibility index (Phi) is 7.00. The Balaban J connectivity index is 1.48. The van der Waals surface area contributed by atoms with E-state index in [4.69, 9.17) is 16.3 Å². The summed E-state index contributed by atoms with van der Waals surface area (Å²) in [7, 11) is 0. The molecule has 36 heavy (non-hydrogen) atoms. The first-order chi connectivity index (χ1) is 17.4. The summed E-state index contributed by atoms with van der Waals surface area (Å²) in [6, 6.07) is 14.4. The van der Waals surface area contributed by atoms with Gasteiger partial charge in [-0.1, -0.05) is 49.6 Å². The highest BCUT2D eigenvalue weighted by molar-refractivity contribution is 6.28. The molecular formula is C26H25ClF3N5O. The van der Waals surface area contributed by atoms with Crippen molar-refractivity contribution in [3.8, 4) is 5.75 Å². The van der Waals surface area contributed by atoms with Crippen LogP contribution in [0.1, 0.15) is 42.6 Å². The van der Waals surface area contributed by atoms with Crippen LogP contribution in [0.4, 0.5) is 19.0 Å². The number of alkyl halides is 3. The van der Waals surface area contributed by atoms with Crippen molar-refractivity contribution in [3.63, 3.8) is 0 Å². The summed E-state index contributed by atoms with van der Waals surface area (Å²) in [6.45, 7) is 1.14. The number of rotatable bonds is 9. The second kappa shape index (κ2) is 10.3. The Hall–Kier alpha value is -3.33. The van der Waals surface area contributed by atoms with Gasteiger partial charge in [0.15, 0.2) is 11.5 Å². The Morgan fingerprint density at radius 2 is 1.75 bits per heavy atom. The monoisotopic (exact) mass is 515 g/mol. The van der Waals surface area contributed by atoms with E-state index in [-0.39, 0.29) is 18.4 Å². The lowest BCUT2D eigenvalue weighted by atomic mass is 9.83. The van der Waals surface area contributed by atoms with Crippen molar-refractivity contribution >= 4 is 28.6 Å². The zero-order valence-corrected chi connectivity index (χ0v) is 20.2. The van der Waals surface area contributed by atoms with Gasteiger partial charge in [-0.25, -0.2) is 4.98 Å². The number of fused-ring (bicyclic) bond motifs is 1. The highest BCUT2D eigenvalue weighted by Crippen LogP contribution is 2.31. The zero-order valence-electron chi connectivity index (χ0n) is 19.4. The van der Waals surface area contributed by atoms with Crippen LogP contribution in [-0.2, 0) is 19.3 Å². The average Bonchev–Trinajstić information content (AvgIpc) is 3.16. The van der Waals surface area contributed by atoms with Crippen LogP contribution < -0.4 is 10.1 Å². The molecule has 1 saturated carbocycles. The Morgan fingerprint density at radius 1 is 1.00 bits per heavy atom. The van der Waals surface area contributed by atoms with Crippen LogP contribution in [0.3, 0.4) is 0 Å². The molecule has 10 heteroatoms. The first-order valence-electron chi connectivity index (χ1n) is 11.9. The van der Waals surface area contributed by atoms with Gasteiger partial charge < -0.3 is 14.6 Å². The lowest BCUT2D eigenvalue weighted by Gasteiger charge is -2.25. The van der Waals surface area contributed by atoms with Gasteiger partial charge >= 0.3 is 6.18 Å². The molecule has 2 aromatic heterocycles. The molecule has 0 spiro atoms. The fourth-order valence-electron chi connectivity index (χ4n) is 4.28. The number of imidazole rings is 1. The number of nitrogens with one attached hydrogen (secondary N) is 1. The maximum Gasteiger partial charge on any atom is 0.416 e. The molecule has 1 aliphatic carbocycles. The van der Waals surface area contributed by atoms with E-state index in [9.17, 15) is 13.2 Å². The van der Waals surface area contributed by atoms with Gasteiger partial charge in [-0.05, 0) is 53.8 Å². The second-order valence-corrected chi connectivity index (χ2v) is 9.27. The van der Waals surface area contributed by atoms with Crippen LogP contribution >= 0.6 is 11.6 Å². The first-order valence-corrected chi connectivity index (χ1v) is 12.2. The van der Waals surface area contributed by atoms with E-state index in [0.717, 1.165) is 31.0 Å². The molecule has 5 rings (SSSR count). The van der Waals surface area contributed by atoms with Crippen LogP contribution in [0.5, 0.6) is 5.75 Å². The van der Waals surface area contributed by atoms with Crippen molar-refractivity contribution in [2.75, 3.05) is 11.9 Å². The third kappa shape index (κ3) is 5.56. The maximum absolute atomic E-state index is 13.1. The fraction of sp³-hybridized carbons (Fsp3) is 0.346. The number of hydrogen-bond donors (Lipinski definition) is 1. The summed E-state index contributed by atoms with van der Waals surface area (Å²) in [6.07, 6.45) is 0.402. The SMILES string of the molecule is FC(F)(F)c1ccc(Cn2c(COc3ccccc3)nc3nc(Cl)nc(NCCC4CCC4)c32)cc1. The Morgan fingerprint density at radius 3 is 2.42 bits per heavy atom. The molecule has 0 amide bonds. The predicted molar refractivity (Wildman–Crippen MR) is 132 cm³/mol. The van der Waals surface area contributed by atoms with Gasteiger partial charge in [0.1, 0.15) is 23.7 Å². The maximum atomic E-state index is 13.1. The minimum absolute atomic E-state index is 0.0725. The number of para-hydroxylation sites is 1.